The third kappa shape index (κ3) is 8.30. The number of carbonyl (C=O) groups excluding carboxylic acids is 1. The lowest BCUT2D eigenvalue weighted by atomic mass is 10.1. The molecule has 0 radical (unpaired) electrons. The van der Waals surface area contributed by atoms with Gasteiger partial charge in [-0.3, -0.25) is 14.7 Å². The van der Waals surface area contributed by atoms with Crippen LogP contribution >= 0.6 is 24.0 Å². The Labute approximate surface area is 215 Å². The Morgan fingerprint density at radius 2 is 1.85 bits per heavy atom. The van der Waals surface area contributed by atoms with E-state index in [9.17, 15) is 4.79 Å². The van der Waals surface area contributed by atoms with E-state index >= 15 is 0 Å². The molecule has 7 heteroatoms. The molecule has 2 aromatic carbocycles. The van der Waals surface area contributed by atoms with Crippen LogP contribution in [0.2, 0.25) is 0 Å². The molecule has 6 nitrogen and oxygen atoms in total. The van der Waals surface area contributed by atoms with E-state index in [0.717, 1.165) is 49.6 Å². The largest absolute Gasteiger partial charge is 0.357 e. The topological polar surface area (TPSA) is 60.0 Å². The molecule has 1 heterocycles. The Kier molecular flexibility index (Phi) is 11.1. The van der Waals surface area contributed by atoms with Gasteiger partial charge in [-0.15, -0.1) is 24.0 Å². The average Bonchev–Trinajstić information content (AvgIpc) is 3.12. The summed E-state index contributed by atoms with van der Waals surface area (Å²) in [5.41, 5.74) is 3.20. The molecule has 0 bridgehead atoms. The second-order valence-electron chi connectivity index (χ2n) is 8.75. The first-order valence-electron chi connectivity index (χ1n) is 11.6. The minimum atomic E-state index is 0. The van der Waals surface area contributed by atoms with Crippen molar-refractivity contribution < 1.29 is 4.79 Å². The van der Waals surface area contributed by atoms with Gasteiger partial charge in [0.2, 0.25) is 0 Å². The van der Waals surface area contributed by atoms with Crippen molar-refractivity contribution in [3.8, 4) is 0 Å². The number of carbonyl (C=O) groups is 1. The van der Waals surface area contributed by atoms with Crippen molar-refractivity contribution in [2.75, 3.05) is 33.7 Å². The maximum Gasteiger partial charge on any atom is 0.253 e. The number of halogens is 1. The fourth-order valence-electron chi connectivity index (χ4n) is 4.17. The van der Waals surface area contributed by atoms with Gasteiger partial charge < -0.3 is 15.5 Å². The molecule has 2 N–H and O–H groups in total. The maximum absolute atomic E-state index is 12.2. The van der Waals surface area contributed by atoms with Crippen LogP contribution in [0.1, 0.15) is 41.8 Å². The highest BCUT2D eigenvalue weighted by molar-refractivity contribution is 14.0. The molecule has 1 fully saturated rings. The summed E-state index contributed by atoms with van der Waals surface area (Å²) in [6.45, 7) is 7.88. The summed E-state index contributed by atoms with van der Waals surface area (Å²) < 4.78 is 0. The molecule has 0 aliphatic carbocycles. The molecule has 0 aromatic heterocycles. The van der Waals surface area contributed by atoms with E-state index in [-0.39, 0.29) is 29.9 Å². The van der Waals surface area contributed by atoms with Gasteiger partial charge in [0, 0.05) is 57.9 Å². The van der Waals surface area contributed by atoms with E-state index in [1.165, 1.54) is 5.56 Å². The van der Waals surface area contributed by atoms with E-state index in [0.29, 0.717) is 18.6 Å². The van der Waals surface area contributed by atoms with Crippen LogP contribution in [0.25, 0.3) is 0 Å². The fourth-order valence-corrected chi connectivity index (χ4v) is 4.17. The molecule has 2 aromatic rings. The Morgan fingerprint density at radius 1 is 1.12 bits per heavy atom. The smallest absolute Gasteiger partial charge is 0.253 e. The van der Waals surface area contributed by atoms with Crippen LogP contribution in [0, 0.1) is 0 Å². The monoisotopic (exact) mass is 563 g/mol. The lowest BCUT2D eigenvalue weighted by Crippen LogP contribution is -2.44. The fraction of sp³-hybridized carbons (Fsp3) is 0.462. The molecule has 1 aliphatic heterocycles. The van der Waals surface area contributed by atoms with E-state index in [2.05, 4.69) is 65.8 Å². The molecular formula is C26H38IN5O. The van der Waals surface area contributed by atoms with Gasteiger partial charge in [-0.2, -0.15) is 0 Å². The molecule has 1 saturated heterocycles. The van der Waals surface area contributed by atoms with Gasteiger partial charge in [0.15, 0.2) is 5.96 Å². The molecule has 1 aliphatic rings. The molecule has 0 saturated carbocycles. The van der Waals surface area contributed by atoms with Gasteiger partial charge in [-0.25, -0.2) is 0 Å². The number of likely N-dealkylation sites (tertiary alicyclic amines) is 1. The Balaban J connectivity index is 0.00000385. The minimum absolute atomic E-state index is 0. The van der Waals surface area contributed by atoms with E-state index in [1.807, 2.05) is 18.2 Å². The molecule has 3 rings (SSSR count). The minimum Gasteiger partial charge on any atom is -0.357 e. The molecular weight excluding hydrogens is 525 g/mol. The zero-order valence-electron chi connectivity index (χ0n) is 20.3. The van der Waals surface area contributed by atoms with Crippen LogP contribution in [-0.4, -0.2) is 67.5 Å². The third-order valence-corrected chi connectivity index (χ3v) is 5.87. The third-order valence-electron chi connectivity index (χ3n) is 5.87. The van der Waals surface area contributed by atoms with E-state index in [4.69, 9.17) is 4.99 Å². The lowest BCUT2D eigenvalue weighted by molar-refractivity contribution is 0.0827. The van der Waals surface area contributed by atoms with Crippen LogP contribution in [-0.2, 0) is 13.0 Å². The summed E-state index contributed by atoms with van der Waals surface area (Å²) in [5, 5.41) is 7.01. The molecule has 2 unspecified atom stereocenters. The van der Waals surface area contributed by atoms with Crippen LogP contribution in [0.4, 0.5) is 0 Å². The number of amides is 1. The number of rotatable bonds is 8. The van der Waals surface area contributed by atoms with Crippen LogP contribution in [0.5, 0.6) is 0 Å². The van der Waals surface area contributed by atoms with Crippen molar-refractivity contribution in [1.29, 1.82) is 0 Å². The Hall–Kier alpha value is -2.13. The predicted octanol–water partition coefficient (Wildman–Crippen LogP) is 3.77. The standard InChI is InChI=1S/C26H37N5O.HI/c1-5-27-26(28-15-14-21-12-9-13-23(17-21)25(32)30(3)4)29-24-16-20(2)31(19-24)18-22-10-7-6-8-11-22;/h6-13,17,20,24H,5,14-16,18-19H2,1-4H3,(H2,27,28,29);1H. The number of guanidine groups is 1. The van der Waals surface area contributed by atoms with Gasteiger partial charge in [-0.05, 0) is 49.9 Å². The average molecular weight is 564 g/mol. The summed E-state index contributed by atoms with van der Waals surface area (Å²) in [6, 6.07) is 19.4. The van der Waals surface area contributed by atoms with Crippen molar-refractivity contribution in [3.05, 3.63) is 71.3 Å². The predicted molar refractivity (Wildman–Crippen MR) is 147 cm³/mol. The number of aliphatic imine (C=N–C) groups is 1. The Bertz CT molecular complexity index is 903. The van der Waals surface area contributed by atoms with Crippen LogP contribution in [0.15, 0.2) is 59.6 Å². The van der Waals surface area contributed by atoms with E-state index in [1.54, 1.807) is 19.0 Å². The lowest BCUT2D eigenvalue weighted by Gasteiger charge is -2.21. The zero-order valence-corrected chi connectivity index (χ0v) is 22.6. The Morgan fingerprint density at radius 3 is 2.55 bits per heavy atom. The quantitative estimate of drug-likeness (QED) is 0.292. The summed E-state index contributed by atoms with van der Waals surface area (Å²) in [5.74, 6) is 0.896. The first-order valence-corrected chi connectivity index (χ1v) is 11.6. The van der Waals surface area contributed by atoms with Gasteiger partial charge in [0.05, 0.1) is 0 Å². The van der Waals surface area contributed by atoms with Crippen molar-refractivity contribution in [1.82, 2.24) is 20.4 Å². The van der Waals surface area contributed by atoms with Gasteiger partial charge in [0.1, 0.15) is 0 Å². The zero-order chi connectivity index (χ0) is 22.9. The SMILES string of the molecule is CCNC(=NCCc1cccc(C(=O)N(C)C)c1)NC1CC(C)N(Cc2ccccc2)C1.I. The molecule has 0 spiro atoms. The molecule has 1 amide bonds. The normalized spacial score (nSPS) is 18.5. The van der Waals surface area contributed by atoms with E-state index < -0.39 is 0 Å². The van der Waals surface area contributed by atoms with Crippen molar-refractivity contribution in [2.24, 2.45) is 4.99 Å². The molecule has 180 valence electrons. The van der Waals surface area contributed by atoms with Gasteiger partial charge >= 0.3 is 0 Å². The maximum atomic E-state index is 12.2. The highest BCUT2D eigenvalue weighted by atomic mass is 127. The first-order chi connectivity index (χ1) is 15.5. The summed E-state index contributed by atoms with van der Waals surface area (Å²) >= 11 is 0. The number of nitrogens with one attached hydrogen (secondary N) is 2. The highest BCUT2D eigenvalue weighted by Gasteiger charge is 2.29. The summed E-state index contributed by atoms with van der Waals surface area (Å²) in [6.07, 6.45) is 1.90. The van der Waals surface area contributed by atoms with Crippen LogP contribution < -0.4 is 10.6 Å². The summed E-state index contributed by atoms with van der Waals surface area (Å²) in [7, 11) is 3.55. The van der Waals surface area contributed by atoms with Crippen molar-refractivity contribution in [3.63, 3.8) is 0 Å². The number of hydrogen-bond acceptors (Lipinski definition) is 3. The highest BCUT2D eigenvalue weighted by Crippen LogP contribution is 2.20. The number of benzene rings is 2. The van der Waals surface area contributed by atoms with Crippen LogP contribution in [0.3, 0.4) is 0 Å². The molecule has 2 atom stereocenters. The van der Waals surface area contributed by atoms with Gasteiger partial charge in [-0.1, -0.05) is 42.5 Å². The second kappa shape index (κ2) is 13.5. The van der Waals surface area contributed by atoms with Crippen molar-refractivity contribution in [2.45, 2.75) is 45.3 Å². The number of nitrogens with zero attached hydrogens (tertiary/aromatic N) is 3. The molecule has 33 heavy (non-hydrogen) atoms. The van der Waals surface area contributed by atoms with Crippen molar-refractivity contribution >= 4 is 35.8 Å². The number of hydrogen-bond donors (Lipinski definition) is 2. The first kappa shape index (κ1) is 27.1. The summed E-state index contributed by atoms with van der Waals surface area (Å²) in [4.78, 5) is 21.1. The second-order valence-corrected chi connectivity index (χ2v) is 8.75. The van der Waals surface area contributed by atoms with Gasteiger partial charge in [0.25, 0.3) is 5.91 Å².